The van der Waals surface area contributed by atoms with Gasteiger partial charge >= 0.3 is 0 Å². The predicted molar refractivity (Wildman–Crippen MR) is 62.4 cm³/mol. The summed E-state index contributed by atoms with van der Waals surface area (Å²) in [5, 5.41) is 7.84. The van der Waals surface area contributed by atoms with Crippen LogP contribution < -0.4 is 0 Å². The number of likely N-dealkylation sites (tertiary alicyclic amines) is 1. The lowest BCUT2D eigenvalue weighted by molar-refractivity contribution is -0.118. The zero-order valence-corrected chi connectivity index (χ0v) is 10.5. The van der Waals surface area contributed by atoms with Crippen molar-refractivity contribution in [3.63, 3.8) is 0 Å². The van der Waals surface area contributed by atoms with E-state index in [-0.39, 0.29) is 5.78 Å². The molecule has 2 heterocycles. The van der Waals surface area contributed by atoms with Gasteiger partial charge in [0.1, 0.15) is 5.78 Å². The average molecular weight is 237 g/mol. The van der Waals surface area contributed by atoms with Gasteiger partial charge in [-0.05, 0) is 26.3 Å². The molecule has 0 spiro atoms. The Bertz CT molecular complexity index is 389. The van der Waals surface area contributed by atoms with Crippen molar-refractivity contribution in [2.75, 3.05) is 6.54 Å². The maximum Gasteiger partial charge on any atom is 0.230 e. The van der Waals surface area contributed by atoms with Gasteiger partial charge in [-0.3, -0.25) is 9.69 Å². The van der Waals surface area contributed by atoms with Gasteiger partial charge in [-0.15, -0.1) is 10.2 Å². The van der Waals surface area contributed by atoms with Crippen LogP contribution in [0.3, 0.4) is 0 Å². The van der Waals surface area contributed by atoms with E-state index in [0.717, 1.165) is 13.0 Å². The highest BCUT2D eigenvalue weighted by Gasteiger charge is 2.24. The van der Waals surface area contributed by atoms with Crippen molar-refractivity contribution >= 4 is 5.78 Å². The molecule has 17 heavy (non-hydrogen) atoms. The third-order valence-electron chi connectivity index (χ3n) is 3.18. The Morgan fingerprint density at radius 3 is 2.94 bits per heavy atom. The van der Waals surface area contributed by atoms with Crippen molar-refractivity contribution < 1.29 is 9.21 Å². The summed E-state index contributed by atoms with van der Waals surface area (Å²) in [4.78, 5) is 13.5. The number of Topliss-reactive ketones (excluding diaryl/α,β-unsaturated/α-hetero) is 1. The summed E-state index contributed by atoms with van der Waals surface area (Å²) in [7, 11) is 0. The number of nitrogens with zero attached hydrogens (tertiary/aromatic N) is 3. The molecule has 0 radical (unpaired) electrons. The van der Waals surface area contributed by atoms with Gasteiger partial charge in [0.15, 0.2) is 0 Å². The second-order valence-electron chi connectivity index (χ2n) is 4.74. The van der Waals surface area contributed by atoms with Gasteiger partial charge in [-0.25, -0.2) is 0 Å². The van der Waals surface area contributed by atoms with Gasteiger partial charge in [-0.2, -0.15) is 0 Å². The van der Waals surface area contributed by atoms with E-state index in [4.69, 9.17) is 4.42 Å². The number of aromatic nitrogens is 2. The molecular weight excluding hydrogens is 218 g/mol. The number of ketones is 1. The Morgan fingerprint density at radius 2 is 2.29 bits per heavy atom. The first kappa shape index (κ1) is 12.2. The fourth-order valence-corrected chi connectivity index (χ4v) is 2.41. The van der Waals surface area contributed by atoms with Crippen LogP contribution in [0.4, 0.5) is 0 Å². The van der Waals surface area contributed by atoms with Gasteiger partial charge in [0, 0.05) is 19.4 Å². The SMILES string of the molecule is CC(=O)CC1CCCCN1Cc1nnc(C)o1. The molecule has 1 aliphatic rings. The van der Waals surface area contributed by atoms with Crippen LogP contribution in [-0.2, 0) is 11.3 Å². The van der Waals surface area contributed by atoms with E-state index >= 15 is 0 Å². The molecule has 1 aliphatic heterocycles. The maximum absolute atomic E-state index is 11.2. The molecule has 94 valence electrons. The lowest BCUT2D eigenvalue weighted by atomic mass is 9.98. The summed E-state index contributed by atoms with van der Waals surface area (Å²) in [5.74, 6) is 1.50. The van der Waals surface area contributed by atoms with E-state index in [1.54, 1.807) is 13.8 Å². The number of carbonyl (C=O) groups excluding carboxylic acids is 1. The largest absolute Gasteiger partial charge is 0.424 e. The van der Waals surface area contributed by atoms with Crippen LogP contribution in [0.1, 0.15) is 44.4 Å². The molecule has 1 aromatic rings. The van der Waals surface area contributed by atoms with Crippen molar-refractivity contribution in [1.82, 2.24) is 15.1 Å². The quantitative estimate of drug-likeness (QED) is 0.797. The van der Waals surface area contributed by atoms with E-state index in [1.807, 2.05) is 0 Å². The van der Waals surface area contributed by atoms with Crippen molar-refractivity contribution in [1.29, 1.82) is 0 Å². The number of carbonyl (C=O) groups is 1. The topological polar surface area (TPSA) is 59.2 Å². The minimum absolute atomic E-state index is 0.253. The molecule has 0 amide bonds. The van der Waals surface area contributed by atoms with Crippen LogP contribution in [0.15, 0.2) is 4.42 Å². The monoisotopic (exact) mass is 237 g/mol. The van der Waals surface area contributed by atoms with Crippen molar-refractivity contribution in [2.45, 2.75) is 52.1 Å². The van der Waals surface area contributed by atoms with Crippen LogP contribution in [0.25, 0.3) is 0 Å². The number of piperidine rings is 1. The first-order chi connectivity index (χ1) is 8.15. The predicted octanol–water partition coefficient (Wildman–Crippen LogP) is 1.71. The smallest absolute Gasteiger partial charge is 0.230 e. The second-order valence-corrected chi connectivity index (χ2v) is 4.74. The molecule has 2 rings (SSSR count). The highest BCUT2D eigenvalue weighted by Crippen LogP contribution is 2.21. The molecule has 5 heteroatoms. The summed E-state index contributed by atoms with van der Waals surface area (Å²) in [5.41, 5.74) is 0. The lowest BCUT2D eigenvalue weighted by Crippen LogP contribution is -2.40. The molecular formula is C12H19N3O2. The maximum atomic E-state index is 11.2. The fourth-order valence-electron chi connectivity index (χ4n) is 2.41. The number of hydrogen-bond donors (Lipinski definition) is 0. The second kappa shape index (κ2) is 5.40. The first-order valence-corrected chi connectivity index (χ1v) is 6.17. The zero-order chi connectivity index (χ0) is 12.3. The Morgan fingerprint density at radius 1 is 1.47 bits per heavy atom. The van der Waals surface area contributed by atoms with Crippen LogP contribution >= 0.6 is 0 Å². The lowest BCUT2D eigenvalue weighted by Gasteiger charge is -2.34. The molecule has 5 nitrogen and oxygen atoms in total. The molecule has 1 unspecified atom stereocenters. The highest BCUT2D eigenvalue weighted by atomic mass is 16.4. The molecule has 0 bridgehead atoms. The van der Waals surface area contributed by atoms with E-state index in [2.05, 4.69) is 15.1 Å². The van der Waals surface area contributed by atoms with Gasteiger partial charge < -0.3 is 4.42 Å². The minimum Gasteiger partial charge on any atom is -0.424 e. The number of aryl methyl sites for hydroxylation is 1. The average Bonchev–Trinajstić information content (AvgIpc) is 2.66. The van der Waals surface area contributed by atoms with Crippen LogP contribution in [0, 0.1) is 6.92 Å². The highest BCUT2D eigenvalue weighted by molar-refractivity contribution is 5.76. The summed E-state index contributed by atoms with van der Waals surface area (Å²) in [6.07, 6.45) is 4.11. The molecule has 0 saturated carbocycles. The normalized spacial score (nSPS) is 21.6. The number of hydrogen-bond acceptors (Lipinski definition) is 5. The van der Waals surface area contributed by atoms with E-state index < -0.39 is 0 Å². The molecule has 0 N–H and O–H groups in total. The van der Waals surface area contributed by atoms with Gasteiger partial charge in [-0.1, -0.05) is 6.42 Å². The Balaban J connectivity index is 1.98. The third kappa shape index (κ3) is 3.36. The van der Waals surface area contributed by atoms with Crippen LogP contribution in [0.5, 0.6) is 0 Å². The minimum atomic E-state index is 0.253. The molecule has 0 aromatic carbocycles. The van der Waals surface area contributed by atoms with E-state index in [0.29, 0.717) is 30.8 Å². The zero-order valence-electron chi connectivity index (χ0n) is 10.5. The summed E-state index contributed by atoms with van der Waals surface area (Å²) < 4.78 is 5.39. The fraction of sp³-hybridized carbons (Fsp3) is 0.750. The van der Waals surface area contributed by atoms with Crippen LogP contribution in [-0.4, -0.2) is 33.5 Å². The summed E-state index contributed by atoms with van der Waals surface area (Å²) in [6, 6.07) is 0.341. The Kier molecular flexibility index (Phi) is 3.89. The van der Waals surface area contributed by atoms with Crippen molar-refractivity contribution in [3.8, 4) is 0 Å². The van der Waals surface area contributed by atoms with Crippen molar-refractivity contribution in [3.05, 3.63) is 11.8 Å². The standard InChI is InChI=1S/C12H19N3O2/c1-9(16)7-11-5-3-4-6-15(11)8-12-14-13-10(2)17-12/h11H,3-8H2,1-2H3. The van der Waals surface area contributed by atoms with Gasteiger partial charge in [0.2, 0.25) is 11.8 Å². The van der Waals surface area contributed by atoms with Gasteiger partial charge in [0.25, 0.3) is 0 Å². The molecule has 1 aromatic heterocycles. The van der Waals surface area contributed by atoms with E-state index in [9.17, 15) is 4.79 Å². The summed E-state index contributed by atoms with van der Waals surface area (Å²) in [6.45, 7) is 5.13. The molecule has 1 atom stereocenters. The molecule has 1 saturated heterocycles. The van der Waals surface area contributed by atoms with Crippen molar-refractivity contribution in [2.24, 2.45) is 0 Å². The third-order valence-corrected chi connectivity index (χ3v) is 3.18. The summed E-state index contributed by atoms with van der Waals surface area (Å²) >= 11 is 0. The number of rotatable bonds is 4. The Labute approximate surface area is 101 Å². The van der Waals surface area contributed by atoms with E-state index in [1.165, 1.54) is 12.8 Å². The first-order valence-electron chi connectivity index (χ1n) is 6.17. The Hall–Kier alpha value is -1.23. The molecule has 1 fully saturated rings. The van der Waals surface area contributed by atoms with Gasteiger partial charge in [0.05, 0.1) is 6.54 Å². The molecule has 0 aliphatic carbocycles. The van der Waals surface area contributed by atoms with Crippen LogP contribution in [0.2, 0.25) is 0 Å².